The van der Waals surface area contributed by atoms with Gasteiger partial charge in [0.2, 0.25) is 11.8 Å². The zero-order valence-electron chi connectivity index (χ0n) is 11.8. The highest BCUT2D eigenvalue weighted by Crippen LogP contribution is 2.42. The van der Waals surface area contributed by atoms with Gasteiger partial charge in [0.05, 0.1) is 0 Å². The summed E-state index contributed by atoms with van der Waals surface area (Å²) in [6.45, 7) is 7.58. The molecule has 0 radical (unpaired) electrons. The molecule has 0 saturated heterocycles. The van der Waals surface area contributed by atoms with Gasteiger partial charge in [-0.25, -0.2) is 0 Å². The van der Waals surface area contributed by atoms with Crippen LogP contribution in [0.15, 0.2) is 4.42 Å². The van der Waals surface area contributed by atoms with E-state index in [-0.39, 0.29) is 0 Å². The standard InChI is InChI=1S/C14H25N3O/c1-14(2,3)11-6-4-10(5-7-11)13-17-16-12(18-13)8-9-15/h10-11H,4-9,15H2,1-3H3. The van der Waals surface area contributed by atoms with Gasteiger partial charge in [-0.15, -0.1) is 10.2 Å². The topological polar surface area (TPSA) is 64.9 Å². The summed E-state index contributed by atoms with van der Waals surface area (Å²) >= 11 is 0. The minimum absolute atomic E-state index is 0.421. The lowest BCUT2D eigenvalue weighted by atomic mass is 9.70. The highest BCUT2D eigenvalue weighted by atomic mass is 16.4. The van der Waals surface area contributed by atoms with Gasteiger partial charge >= 0.3 is 0 Å². The van der Waals surface area contributed by atoms with E-state index in [1.807, 2.05) is 0 Å². The predicted octanol–water partition coefficient (Wildman–Crippen LogP) is 2.89. The van der Waals surface area contributed by atoms with Gasteiger partial charge < -0.3 is 10.2 Å². The van der Waals surface area contributed by atoms with E-state index in [1.165, 1.54) is 25.7 Å². The Hall–Kier alpha value is -0.900. The Balaban J connectivity index is 1.92. The Bertz CT molecular complexity index is 373. The van der Waals surface area contributed by atoms with Gasteiger partial charge in [0, 0.05) is 18.9 Å². The number of hydrogen-bond donors (Lipinski definition) is 1. The Morgan fingerprint density at radius 3 is 2.39 bits per heavy atom. The van der Waals surface area contributed by atoms with Gasteiger partial charge in [-0.2, -0.15) is 0 Å². The van der Waals surface area contributed by atoms with E-state index in [0.29, 0.717) is 30.2 Å². The van der Waals surface area contributed by atoms with Crippen LogP contribution in [0.1, 0.15) is 64.2 Å². The molecule has 0 atom stereocenters. The minimum Gasteiger partial charge on any atom is -0.425 e. The Labute approximate surface area is 109 Å². The van der Waals surface area contributed by atoms with Gasteiger partial charge in [0.1, 0.15) is 0 Å². The molecule has 1 aromatic rings. The molecule has 1 heterocycles. The van der Waals surface area contributed by atoms with E-state index in [1.54, 1.807) is 0 Å². The van der Waals surface area contributed by atoms with Crippen molar-refractivity contribution in [3.63, 3.8) is 0 Å². The molecule has 102 valence electrons. The molecule has 1 aliphatic rings. The molecule has 18 heavy (non-hydrogen) atoms. The molecule has 0 bridgehead atoms. The van der Waals surface area contributed by atoms with Crippen LogP contribution in [0.4, 0.5) is 0 Å². The van der Waals surface area contributed by atoms with Gasteiger partial charge in [0.25, 0.3) is 0 Å². The van der Waals surface area contributed by atoms with Gasteiger partial charge in [-0.1, -0.05) is 20.8 Å². The van der Waals surface area contributed by atoms with Crippen molar-refractivity contribution in [1.29, 1.82) is 0 Å². The highest BCUT2D eigenvalue weighted by Gasteiger charge is 2.32. The summed E-state index contributed by atoms with van der Waals surface area (Å²) in [5.74, 6) is 2.79. The average molecular weight is 251 g/mol. The number of nitrogens with two attached hydrogens (primary N) is 1. The van der Waals surface area contributed by atoms with Crippen LogP contribution in [-0.2, 0) is 6.42 Å². The van der Waals surface area contributed by atoms with Crippen molar-refractivity contribution in [2.45, 2.75) is 58.8 Å². The van der Waals surface area contributed by atoms with Crippen LogP contribution in [0.25, 0.3) is 0 Å². The lowest BCUT2D eigenvalue weighted by Gasteiger charge is -2.36. The van der Waals surface area contributed by atoms with Crippen molar-refractivity contribution in [2.75, 3.05) is 6.54 Å². The second kappa shape index (κ2) is 5.39. The molecule has 1 saturated carbocycles. The summed E-state index contributed by atoms with van der Waals surface area (Å²) < 4.78 is 5.68. The SMILES string of the molecule is CC(C)(C)C1CCC(c2nnc(CCN)o2)CC1. The summed E-state index contributed by atoms with van der Waals surface area (Å²) in [6.07, 6.45) is 5.56. The second-order valence-corrected chi connectivity index (χ2v) is 6.49. The highest BCUT2D eigenvalue weighted by molar-refractivity contribution is 4.95. The third kappa shape index (κ3) is 3.10. The molecule has 1 aromatic heterocycles. The van der Waals surface area contributed by atoms with Crippen LogP contribution in [0, 0.1) is 11.3 Å². The molecular weight excluding hydrogens is 226 g/mol. The van der Waals surface area contributed by atoms with Gasteiger partial charge in [-0.05, 0) is 37.0 Å². The summed E-state index contributed by atoms with van der Waals surface area (Å²) in [7, 11) is 0. The Morgan fingerprint density at radius 1 is 1.17 bits per heavy atom. The van der Waals surface area contributed by atoms with Crippen molar-refractivity contribution in [2.24, 2.45) is 17.1 Å². The average Bonchev–Trinajstić information content (AvgIpc) is 2.77. The van der Waals surface area contributed by atoms with Crippen LogP contribution < -0.4 is 5.73 Å². The maximum Gasteiger partial charge on any atom is 0.219 e. The third-order valence-corrected chi connectivity index (χ3v) is 4.14. The van der Waals surface area contributed by atoms with E-state index in [0.717, 1.165) is 11.8 Å². The zero-order valence-corrected chi connectivity index (χ0v) is 11.8. The smallest absolute Gasteiger partial charge is 0.219 e. The molecule has 1 fully saturated rings. The maximum absolute atomic E-state index is 5.68. The minimum atomic E-state index is 0.421. The quantitative estimate of drug-likeness (QED) is 0.897. The van der Waals surface area contributed by atoms with Gasteiger partial charge in [0.15, 0.2) is 0 Å². The lowest BCUT2D eigenvalue weighted by molar-refractivity contribution is 0.161. The fourth-order valence-electron chi connectivity index (χ4n) is 2.86. The fraction of sp³-hybridized carbons (Fsp3) is 0.857. The summed E-state index contributed by atoms with van der Waals surface area (Å²) in [5, 5.41) is 8.23. The van der Waals surface area contributed by atoms with E-state index in [2.05, 4.69) is 31.0 Å². The number of nitrogens with zero attached hydrogens (tertiary/aromatic N) is 2. The summed E-state index contributed by atoms with van der Waals surface area (Å²) in [6, 6.07) is 0. The Morgan fingerprint density at radius 2 is 1.83 bits per heavy atom. The first-order chi connectivity index (χ1) is 8.50. The van der Waals surface area contributed by atoms with Crippen molar-refractivity contribution >= 4 is 0 Å². The molecule has 0 aromatic carbocycles. The molecule has 0 aliphatic heterocycles. The Kier molecular flexibility index (Phi) is 4.05. The molecule has 0 unspecified atom stereocenters. The van der Waals surface area contributed by atoms with Crippen LogP contribution in [0.3, 0.4) is 0 Å². The monoisotopic (exact) mass is 251 g/mol. The maximum atomic E-state index is 5.68. The largest absolute Gasteiger partial charge is 0.425 e. The third-order valence-electron chi connectivity index (χ3n) is 4.14. The molecule has 4 heteroatoms. The molecule has 0 spiro atoms. The molecule has 0 amide bonds. The van der Waals surface area contributed by atoms with E-state index < -0.39 is 0 Å². The number of hydrogen-bond acceptors (Lipinski definition) is 4. The zero-order chi connectivity index (χ0) is 13.2. The molecular formula is C14H25N3O. The van der Waals surface area contributed by atoms with Crippen LogP contribution in [0.2, 0.25) is 0 Å². The first-order valence-electron chi connectivity index (χ1n) is 7.03. The fourth-order valence-corrected chi connectivity index (χ4v) is 2.86. The van der Waals surface area contributed by atoms with Crippen LogP contribution >= 0.6 is 0 Å². The van der Waals surface area contributed by atoms with E-state index in [4.69, 9.17) is 10.2 Å². The lowest BCUT2D eigenvalue weighted by Crippen LogP contribution is -2.25. The van der Waals surface area contributed by atoms with E-state index in [9.17, 15) is 0 Å². The number of aromatic nitrogens is 2. The molecule has 1 aliphatic carbocycles. The van der Waals surface area contributed by atoms with Crippen LogP contribution in [0.5, 0.6) is 0 Å². The molecule has 2 N–H and O–H groups in total. The van der Waals surface area contributed by atoms with Crippen molar-refractivity contribution in [3.8, 4) is 0 Å². The summed E-state index contributed by atoms with van der Waals surface area (Å²) in [5.41, 5.74) is 5.91. The second-order valence-electron chi connectivity index (χ2n) is 6.49. The number of rotatable bonds is 3. The first kappa shape index (κ1) is 13.5. The normalized spacial score (nSPS) is 25.3. The van der Waals surface area contributed by atoms with Gasteiger partial charge in [-0.3, -0.25) is 0 Å². The van der Waals surface area contributed by atoms with Crippen molar-refractivity contribution in [1.82, 2.24) is 10.2 Å². The molecule has 2 rings (SSSR count). The van der Waals surface area contributed by atoms with Crippen LogP contribution in [-0.4, -0.2) is 16.7 Å². The van der Waals surface area contributed by atoms with E-state index >= 15 is 0 Å². The van der Waals surface area contributed by atoms with Crippen molar-refractivity contribution in [3.05, 3.63) is 11.8 Å². The summed E-state index contributed by atoms with van der Waals surface area (Å²) in [4.78, 5) is 0. The predicted molar refractivity (Wildman–Crippen MR) is 71.2 cm³/mol. The first-order valence-corrected chi connectivity index (χ1v) is 7.03. The molecule has 4 nitrogen and oxygen atoms in total. The van der Waals surface area contributed by atoms with Crippen molar-refractivity contribution < 1.29 is 4.42 Å².